The fourth-order valence-electron chi connectivity index (χ4n) is 3.99. The number of nitrogens with one attached hydrogen (secondary N) is 1. The Balaban J connectivity index is 1.38. The van der Waals surface area contributed by atoms with Gasteiger partial charge in [0.1, 0.15) is 28.7 Å². The summed E-state index contributed by atoms with van der Waals surface area (Å²) >= 11 is 0. The molecular formula is C29H21F2N3O5. The van der Waals surface area contributed by atoms with E-state index >= 15 is 0 Å². The van der Waals surface area contributed by atoms with E-state index in [0.29, 0.717) is 33.8 Å². The Bertz CT molecular complexity index is 1750. The zero-order valence-corrected chi connectivity index (χ0v) is 20.8. The van der Waals surface area contributed by atoms with Gasteiger partial charge in [0.05, 0.1) is 25.4 Å². The van der Waals surface area contributed by atoms with Crippen molar-refractivity contribution in [3.05, 3.63) is 113 Å². The second-order valence-electron chi connectivity index (χ2n) is 8.30. The van der Waals surface area contributed by atoms with Crippen molar-refractivity contribution in [1.29, 1.82) is 0 Å². The Morgan fingerprint density at radius 2 is 1.64 bits per heavy atom. The van der Waals surface area contributed by atoms with Crippen LogP contribution in [0, 0.1) is 11.6 Å². The molecule has 0 spiro atoms. The van der Waals surface area contributed by atoms with E-state index in [2.05, 4.69) is 10.3 Å². The van der Waals surface area contributed by atoms with Gasteiger partial charge in [-0.3, -0.25) is 19.1 Å². The van der Waals surface area contributed by atoms with E-state index in [0.717, 1.165) is 6.07 Å². The number of benzene rings is 3. The van der Waals surface area contributed by atoms with Crippen molar-refractivity contribution in [3.63, 3.8) is 0 Å². The summed E-state index contributed by atoms with van der Waals surface area (Å²) in [6.07, 6.45) is 3.00. The van der Waals surface area contributed by atoms with Gasteiger partial charge in [-0.05, 0) is 60.7 Å². The first kappa shape index (κ1) is 25.4. The molecule has 0 aliphatic rings. The van der Waals surface area contributed by atoms with Crippen molar-refractivity contribution in [2.45, 2.75) is 0 Å². The quantitative estimate of drug-likeness (QED) is 0.290. The second kappa shape index (κ2) is 10.6. The average Bonchev–Trinajstić information content (AvgIpc) is 2.94. The molecule has 0 aliphatic heterocycles. The molecule has 3 aromatic carbocycles. The van der Waals surface area contributed by atoms with Gasteiger partial charge in [0.2, 0.25) is 0 Å². The smallest absolute Gasteiger partial charge is 0.267 e. The highest BCUT2D eigenvalue weighted by atomic mass is 19.1. The molecular weight excluding hydrogens is 508 g/mol. The average molecular weight is 529 g/mol. The van der Waals surface area contributed by atoms with Gasteiger partial charge >= 0.3 is 0 Å². The summed E-state index contributed by atoms with van der Waals surface area (Å²) in [5.41, 5.74) is -0.0326. The van der Waals surface area contributed by atoms with Crippen molar-refractivity contribution >= 4 is 22.5 Å². The fourth-order valence-corrected chi connectivity index (χ4v) is 3.99. The number of carbonyl (C=O) groups is 1. The first-order chi connectivity index (χ1) is 18.9. The fraction of sp³-hybridized carbons (Fsp3) is 0.0690. The van der Waals surface area contributed by atoms with Crippen LogP contribution in [0.4, 0.5) is 14.5 Å². The minimum atomic E-state index is -0.801. The summed E-state index contributed by atoms with van der Waals surface area (Å²) in [5, 5.41) is 3.04. The summed E-state index contributed by atoms with van der Waals surface area (Å²) in [6, 6.07) is 17.0. The molecule has 0 bridgehead atoms. The molecule has 0 atom stereocenters. The van der Waals surface area contributed by atoms with E-state index in [-0.39, 0.29) is 17.0 Å². The lowest BCUT2D eigenvalue weighted by Gasteiger charge is -2.13. The van der Waals surface area contributed by atoms with Crippen LogP contribution in [0.2, 0.25) is 0 Å². The molecule has 10 heteroatoms. The maximum atomic E-state index is 15.0. The van der Waals surface area contributed by atoms with Gasteiger partial charge in [-0.15, -0.1) is 0 Å². The van der Waals surface area contributed by atoms with Crippen LogP contribution < -0.4 is 25.1 Å². The SMILES string of the molecule is COc1cc2nccc(Oc3ccc(NC(=O)c4cccn(-c5ccc(F)cc5)c4=O)c(F)c3)c2cc1OC. The van der Waals surface area contributed by atoms with Crippen LogP contribution in [0.5, 0.6) is 23.0 Å². The first-order valence-corrected chi connectivity index (χ1v) is 11.6. The molecule has 1 N–H and O–H groups in total. The highest BCUT2D eigenvalue weighted by Gasteiger charge is 2.17. The predicted molar refractivity (Wildman–Crippen MR) is 141 cm³/mol. The van der Waals surface area contributed by atoms with Gasteiger partial charge in [0, 0.05) is 35.6 Å². The Kier molecular flexibility index (Phi) is 6.92. The van der Waals surface area contributed by atoms with Crippen LogP contribution in [0.25, 0.3) is 16.6 Å². The molecule has 0 saturated carbocycles. The summed E-state index contributed by atoms with van der Waals surface area (Å²) in [5.74, 6) is -0.469. The number of ether oxygens (including phenoxy) is 3. The molecule has 2 heterocycles. The van der Waals surface area contributed by atoms with Crippen molar-refractivity contribution in [2.24, 2.45) is 0 Å². The highest BCUT2D eigenvalue weighted by molar-refractivity contribution is 6.04. The Hall–Kier alpha value is -5.25. The lowest BCUT2D eigenvalue weighted by molar-refractivity contribution is 0.102. The molecule has 0 saturated heterocycles. The molecule has 0 fully saturated rings. The maximum Gasteiger partial charge on any atom is 0.267 e. The van der Waals surface area contributed by atoms with Gasteiger partial charge in [-0.2, -0.15) is 0 Å². The number of pyridine rings is 2. The molecule has 0 aliphatic carbocycles. The number of aromatic nitrogens is 2. The minimum Gasteiger partial charge on any atom is -0.493 e. The molecule has 196 valence electrons. The van der Waals surface area contributed by atoms with Gasteiger partial charge in [0.15, 0.2) is 11.5 Å². The molecule has 5 rings (SSSR count). The number of fused-ring (bicyclic) bond motifs is 1. The molecule has 1 amide bonds. The van der Waals surface area contributed by atoms with E-state index in [9.17, 15) is 18.4 Å². The van der Waals surface area contributed by atoms with E-state index in [1.165, 1.54) is 73.5 Å². The summed E-state index contributed by atoms with van der Waals surface area (Å²) in [6.45, 7) is 0. The van der Waals surface area contributed by atoms with Gasteiger partial charge in [0.25, 0.3) is 11.5 Å². The minimum absolute atomic E-state index is 0.144. The summed E-state index contributed by atoms with van der Waals surface area (Å²) in [4.78, 5) is 30.1. The Labute approximate surface area is 221 Å². The second-order valence-corrected chi connectivity index (χ2v) is 8.30. The highest BCUT2D eigenvalue weighted by Crippen LogP contribution is 2.37. The van der Waals surface area contributed by atoms with Crippen LogP contribution in [-0.2, 0) is 0 Å². The third-order valence-electron chi connectivity index (χ3n) is 5.92. The third-order valence-corrected chi connectivity index (χ3v) is 5.92. The summed E-state index contributed by atoms with van der Waals surface area (Å²) in [7, 11) is 3.03. The molecule has 0 radical (unpaired) electrons. The summed E-state index contributed by atoms with van der Waals surface area (Å²) < 4.78 is 46.0. The van der Waals surface area contributed by atoms with Crippen LogP contribution in [0.1, 0.15) is 10.4 Å². The number of hydrogen-bond donors (Lipinski definition) is 1. The lowest BCUT2D eigenvalue weighted by atomic mass is 10.1. The molecule has 8 nitrogen and oxygen atoms in total. The number of amides is 1. The van der Waals surface area contributed by atoms with Crippen LogP contribution in [0.15, 0.2) is 90.0 Å². The number of anilines is 1. The number of halogens is 2. The molecule has 39 heavy (non-hydrogen) atoms. The monoisotopic (exact) mass is 529 g/mol. The molecule has 5 aromatic rings. The van der Waals surface area contributed by atoms with Gasteiger partial charge < -0.3 is 19.5 Å². The Morgan fingerprint density at radius 3 is 2.36 bits per heavy atom. The number of rotatable bonds is 7. The van der Waals surface area contributed by atoms with Crippen LogP contribution in [0.3, 0.4) is 0 Å². The molecule has 2 aromatic heterocycles. The number of hydrogen-bond acceptors (Lipinski definition) is 6. The van der Waals surface area contributed by atoms with E-state index < -0.39 is 23.1 Å². The molecule has 0 unspecified atom stereocenters. The van der Waals surface area contributed by atoms with Crippen molar-refractivity contribution in [3.8, 4) is 28.7 Å². The predicted octanol–water partition coefficient (Wildman–Crippen LogP) is 5.73. The van der Waals surface area contributed by atoms with E-state index in [4.69, 9.17) is 14.2 Å². The Morgan fingerprint density at radius 1 is 0.897 bits per heavy atom. The van der Waals surface area contributed by atoms with Crippen molar-refractivity contribution < 1.29 is 27.8 Å². The van der Waals surface area contributed by atoms with Crippen LogP contribution in [-0.4, -0.2) is 29.7 Å². The number of methoxy groups -OCH3 is 2. The van der Waals surface area contributed by atoms with Crippen molar-refractivity contribution in [2.75, 3.05) is 19.5 Å². The number of nitrogens with zero attached hydrogens (tertiary/aromatic N) is 2. The topological polar surface area (TPSA) is 91.7 Å². The first-order valence-electron chi connectivity index (χ1n) is 11.6. The normalized spacial score (nSPS) is 10.8. The third kappa shape index (κ3) is 5.12. The van der Waals surface area contributed by atoms with Gasteiger partial charge in [-0.1, -0.05) is 0 Å². The van der Waals surface area contributed by atoms with Crippen LogP contribution >= 0.6 is 0 Å². The number of carbonyl (C=O) groups excluding carboxylic acids is 1. The standard InChI is InChI=1S/C29H21F2N3O5/c1-37-26-15-21-24(16-27(26)38-2)32-12-11-25(21)39-19-9-10-23(22(31)14-19)33-28(35)20-4-3-13-34(29(20)36)18-7-5-17(30)6-8-18/h3-16H,1-2H3,(H,33,35). The maximum absolute atomic E-state index is 15.0. The largest absolute Gasteiger partial charge is 0.493 e. The zero-order valence-electron chi connectivity index (χ0n) is 20.8. The van der Waals surface area contributed by atoms with Crippen molar-refractivity contribution in [1.82, 2.24) is 9.55 Å². The van der Waals surface area contributed by atoms with E-state index in [1.54, 1.807) is 24.4 Å². The van der Waals surface area contributed by atoms with E-state index in [1.807, 2.05) is 0 Å². The zero-order chi connectivity index (χ0) is 27.5. The van der Waals surface area contributed by atoms with Gasteiger partial charge in [-0.25, -0.2) is 8.78 Å². The lowest BCUT2D eigenvalue weighted by Crippen LogP contribution is -2.28.